The maximum Gasteiger partial charge on any atom is 0.291 e. The van der Waals surface area contributed by atoms with E-state index in [1.807, 2.05) is 0 Å². The highest BCUT2D eigenvalue weighted by molar-refractivity contribution is 5.90. The summed E-state index contributed by atoms with van der Waals surface area (Å²) < 4.78 is 13.0. The van der Waals surface area contributed by atoms with Gasteiger partial charge in [-0.3, -0.25) is 9.89 Å². The predicted molar refractivity (Wildman–Crippen MR) is 58.6 cm³/mol. The van der Waals surface area contributed by atoms with Crippen LogP contribution in [0, 0.1) is 5.82 Å². The average Bonchev–Trinajstić information content (AvgIpc) is 2.81. The van der Waals surface area contributed by atoms with Gasteiger partial charge in [-0.1, -0.05) is 12.1 Å². The molecule has 1 heterocycles. The lowest BCUT2D eigenvalue weighted by Crippen LogP contribution is -2.27. The van der Waals surface area contributed by atoms with Gasteiger partial charge in [-0.2, -0.15) is 5.10 Å². The number of hydrogen-bond acceptors (Lipinski definition) is 3. The summed E-state index contributed by atoms with van der Waals surface area (Å²) in [7, 11) is 1.62. The van der Waals surface area contributed by atoms with Crippen molar-refractivity contribution < 1.29 is 9.18 Å². The molecule has 0 aliphatic rings. The fraction of sp³-hybridized carbons (Fsp3) is 0.182. The Morgan fingerprint density at radius 1 is 1.53 bits per heavy atom. The zero-order valence-corrected chi connectivity index (χ0v) is 9.22. The number of rotatable bonds is 3. The molecule has 0 radical (unpaired) electrons. The second-order valence-electron chi connectivity index (χ2n) is 3.63. The summed E-state index contributed by atoms with van der Waals surface area (Å²) in [5.41, 5.74) is 0.723. The van der Waals surface area contributed by atoms with Crippen LogP contribution in [0.3, 0.4) is 0 Å². The zero-order valence-electron chi connectivity index (χ0n) is 9.22. The van der Waals surface area contributed by atoms with Crippen molar-refractivity contribution in [2.75, 3.05) is 7.05 Å². The van der Waals surface area contributed by atoms with E-state index in [1.165, 1.54) is 23.4 Å². The van der Waals surface area contributed by atoms with Gasteiger partial charge >= 0.3 is 0 Å². The van der Waals surface area contributed by atoms with Gasteiger partial charge in [0.15, 0.2) is 0 Å². The number of nitrogens with one attached hydrogen (secondary N) is 1. The monoisotopic (exact) mass is 234 g/mol. The minimum atomic E-state index is -0.317. The van der Waals surface area contributed by atoms with Crippen LogP contribution in [-0.2, 0) is 6.54 Å². The highest BCUT2D eigenvalue weighted by Crippen LogP contribution is 2.07. The molecule has 88 valence electrons. The van der Waals surface area contributed by atoms with Crippen LogP contribution in [0.2, 0.25) is 0 Å². The summed E-state index contributed by atoms with van der Waals surface area (Å²) in [5, 5.41) is 6.09. The average molecular weight is 234 g/mol. The highest BCUT2D eigenvalue weighted by Gasteiger charge is 2.14. The number of nitrogens with zero attached hydrogens (tertiary/aromatic N) is 3. The first-order valence-electron chi connectivity index (χ1n) is 5.02. The molecule has 1 aromatic carbocycles. The Labute approximate surface area is 97.3 Å². The number of hydrogen-bond donors (Lipinski definition) is 1. The quantitative estimate of drug-likeness (QED) is 0.868. The number of aromatic nitrogens is 3. The minimum absolute atomic E-state index is 0.170. The Balaban J connectivity index is 2.07. The number of carbonyl (C=O) groups excluding carboxylic acids is 1. The molecule has 1 amide bonds. The third-order valence-corrected chi connectivity index (χ3v) is 2.27. The Kier molecular flexibility index (Phi) is 3.13. The van der Waals surface area contributed by atoms with Gasteiger partial charge in [0.1, 0.15) is 12.1 Å². The van der Waals surface area contributed by atoms with E-state index < -0.39 is 0 Å². The molecular formula is C11H11FN4O. The standard InChI is InChI=1S/C11H11FN4O/c1-16(11(17)10-13-7-14-15-10)6-8-3-2-4-9(12)5-8/h2-5,7H,6H2,1H3,(H,13,14,15). The molecule has 17 heavy (non-hydrogen) atoms. The molecule has 0 unspecified atom stereocenters. The van der Waals surface area contributed by atoms with Crippen molar-refractivity contribution in [3.05, 3.63) is 47.8 Å². The van der Waals surface area contributed by atoms with E-state index in [2.05, 4.69) is 15.2 Å². The molecule has 1 aromatic heterocycles. The molecule has 6 heteroatoms. The summed E-state index contributed by atoms with van der Waals surface area (Å²) in [6, 6.07) is 6.12. The lowest BCUT2D eigenvalue weighted by atomic mass is 10.2. The molecule has 0 bridgehead atoms. The van der Waals surface area contributed by atoms with Crippen molar-refractivity contribution >= 4 is 5.91 Å². The second-order valence-corrected chi connectivity index (χ2v) is 3.63. The van der Waals surface area contributed by atoms with Crippen molar-refractivity contribution in [3.8, 4) is 0 Å². The fourth-order valence-corrected chi connectivity index (χ4v) is 1.47. The molecular weight excluding hydrogens is 223 g/mol. The fourth-order valence-electron chi connectivity index (χ4n) is 1.47. The number of H-pyrrole nitrogens is 1. The van der Waals surface area contributed by atoms with E-state index in [1.54, 1.807) is 19.2 Å². The SMILES string of the molecule is CN(Cc1cccc(F)c1)C(=O)c1ncn[nH]1. The molecule has 2 rings (SSSR count). The van der Waals surface area contributed by atoms with E-state index in [-0.39, 0.29) is 17.5 Å². The van der Waals surface area contributed by atoms with Crippen LogP contribution in [0.15, 0.2) is 30.6 Å². The Morgan fingerprint density at radius 3 is 3.00 bits per heavy atom. The van der Waals surface area contributed by atoms with Crippen molar-refractivity contribution in [2.45, 2.75) is 6.54 Å². The molecule has 0 aliphatic carbocycles. The van der Waals surface area contributed by atoms with Gasteiger partial charge in [-0.05, 0) is 17.7 Å². The largest absolute Gasteiger partial charge is 0.335 e. The maximum atomic E-state index is 13.0. The first kappa shape index (κ1) is 11.3. The van der Waals surface area contributed by atoms with Crippen LogP contribution in [-0.4, -0.2) is 33.0 Å². The number of aromatic amines is 1. The Bertz CT molecular complexity index is 512. The van der Waals surface area contributed by atoms with Gasteiger partial charge in [0.2, 0.25) is 5.82 Å². The third kappa shape index (κ3) is 2.66. The van der Waals surface area contributed by atoms with Gasteiger partial charge in [0.25, 0.3) is 5.91 Å². The summed E-state index contributed by atoms with van der Waals surface area (Å²) >= 11 is 0. The molecule has 0 saturated heterocycles. The summed E-state index contributed by atoms with van der Waals surface area (Å²) in [6.07, 6.45) is 1.27. The van der Waals surface area contributed by atoms with Crippen molar-refractivity contribution in [1.82, 2.24) is 20.1 Å². The smallest absolute Gasteiger partial charge is 0.291 e. The number of carbonyl (C=O) groups is 1. The van der Waals surface area contributed by atoms with Crippen molar-refractivity contribution in [1.29, 1.82) is 0 Å². The highest BCUT2D eigenvalue weighted by atomic mass is 19.1. The van der Waals surface area contributed by atoms with E-state index in [0.29, 0.717) is 6.54 Å². The first-order valence-corrected chi connectivity index (χ1v) is 5.02. The van der Waals surface area contributed by atoms with E-state index in [9.17, 15) is 9.18 Å². The zero-order chi connectivity index (χ0) is 12.3. The van der Waals surface area contributed by atoms with E-state index in [4.69, 9.17) is 0 Å². The van der Waals surface area contributed by atoms with Gasteiger partial charge in [-0.25, -0.2) is 9.37 Å². The number of halogens is 1. The van der Waals surface area contributed by atoms with Crippen LogP contribution in [0.1, 0.15) is 16.2 Å². The number of amides is 1. The van der Waals surface area contributed by atoms with Crippen LogP contribution < -0.4 is 0 Å². The van der Waals surface area contributed by atoms with Gasteiger partial charge in [0, 0.05) is 13.6 Å². The minimum Gasteiger partial charge on any atom is -0.335 e. The van der Waals surface area contributed by atoms with Crippen LogP contribution in [0.4, 0.5) is 4.39 Å². The van der Waals surface area contributed by atoms with E-state index >= 15 is 0 Å². The Hall–Kier alpha value is -2.24. The number of benzene rings is 1. The first-order chi connectivity index (χ1) is 8.16. The molecule has 0 saturated carbocycles. The molecule has 0 aliphatic heterocycles. The molecule has 0 atom stereocenters. The van der Waals surface area contributed by atoms with Crippen LogP contribution in [0.5, 0.6) is 0 Å². The molecule has 0 fully saturated rings. The Morgan fingerprint density at radius 2 is 2.35 bits per heavy atom. The summed E-state index contributed by atoms with van der Waals surface area (Å²) in [6.45, 7) is 0.317. The molecule has 2 aromatic rings. The molecule has 1 N–H and O–H groups in total. The summed E-state index contributed by atoms with van der Waals surface area (Å²) in [4.78, 5) is 17.0. The van der Waals surface area contributed by atoms with E-state index in [0.717, 1.165) is 5.56 Å². The molecule has 0 spiro atoms. The molecule has 5 nitrogen and oxygen atoms in total. The maximum absolute atomic E-state index is 13.0. The second kappa shape index (κ2) is 4.73. The lowest BCUT2D eigenvalue weighted by molar-refractivity contribution is 0.0773. The predicted octanol–water partition coefficient (Wildman–Crippen LogP) is 1.22. The van der Waals surface area contributed by atoms with Crippen LogP contribution >= 0.6 is 0 Å². The topological polar surface area (TPSA) is 61.9 Å². The van der Waals surface area contributed by atoms with Gasteiger partial charge < -0.3 is 4.90 Å². The van der Waals surface area contributed by atoms with Gasteiger partial charge in [-0.15, -0.1) is 0 Å². The van der Waals surface area contributed by atoms with Crippen molar-refractivity contribution in [2.24, 2.45) is 0 Å². The third-order valence-electron chi connectivity index (χ3n) is 2.27. The van der Waals surface area contributed by atoms with Crippen molar-refractivity contribution in [3.63, 3.8) is 0 Å². The summed E-state index contributed by atoms with van der Waals surface area (Å²) in [5.74, 6) is -0.432. The normalized spacial score (nSPS) is 10.2. The van der Waals surface area contributed by atoms with Crippen LogP contribution in [0.25, 0.3) is 0 Å². The van der Waals surface area contributed by atoms with Gasteiger partial charge in [0.05, 0.1) is 0 Å². The lowest BCUT2D eigenvalue weighted by Gasteiger charge is -2.15.